The highest BCUT2D eigenvalue weighted by molar-refractivity contribution is 6.05. The number of cyclic esters (lactones) is 2. The van der Waals surface area contributed by atoms with E-state index in [0.29, 0.717) is 24.2 Å². The van der Waals surface area contributed by atoms with Crippen LogP contribution in [0, 0.1) is 29.6 Å². The molecule has 127 heavy (non-hydrogen) atoms. The van der Waals surface area contributed by atoms with E-state index in [2.05, 4.69) is 37.2 Å². The number of ketones is 1. The highest BCUT2D eigenvalue weighted by Crippen LogP contribution is 2.29. The molecule has 0 bridgehead atoms. The van der Waals surface area contributed by atoms with Crippen LogP contribution in [0.1, 0.15) is 236 Å². The molecule has 3 aliphatic rings. The number of carboxylic acids is 1. The number of likely N-dealkylation sites (tertiary alicyclic amines) is 1. The lowest BCUT2D eigenvalue weighted by molar-refractivity contribution is -0.163. The van der Waals surface area contributed by atoms with Crippen LogP contribution in [-0.4, -0.2) is 279 Å². The first-order chi connectivity index (χ1) is 59.7. The summed E-state index contributed by atoms with van der Waals surface area (Å²) in [6, 6.07) is -10.9. The van der Waals surface area contributed by atoms with Gasteiger partial charge in [0, 0.05) is 59.3 Å². The number of carbonyl (C=O) groups is 19. The Morgan fingerprint density at radius 1 is 0.661 bits per heavy atom. The van der Waals surface area contributed by atoms with E-state index in [1.165, 1.54) is 40.0 Å². The number of nitrogens with zero attached hydrogens (tertiary/aromatic N) is 4. The molecule has 40 nitrogen and oxygen atoms in total. The number of esters is 3. The second-order valence-electron chi connectivity index (χ2n) is 34.7. The van der Waals surface area contributed by atoms with Crippen molar-refractivity contribution < 1.29 is 125 Å². The number of rotatable bonds is 44. The average molecular weight is 1800 g/mol. The van der Waals surface area contributed by atoms with E-state index in [9.17, 15) is 82.4 Å². The van der Waals surface area contributed by atoms with Gasteiger partial charge in [-0.1, -0.05) is 113 Å². The number of hydrogen-bond donors (Lipinski definition) is 13. The lowest BCUT2D eigenvalue weighted by Crippen LogP contribution is -2.62. The molecule has 1 aromatic carbocycles. The van der Waals surface area contributed by atoms with E-state index >= 15 is 24.0 Å². The van der Waals surface area contributed by atoms with Gasteiger partial charge in [0.1, 0.15) is 72.3 Å². The molecular formula is C87H138N14O26. The number of aliphatic carboxylic acids is 1. The Labute approximate surface area is 742 Å². The van der Waals surface area contributed by atoms with Gasteiger partial charge in [-0.25, -0.2) is 9.59 Å². The third kappa shape index (κ3) is 34.6. The number of carboxylic acid groups (broad SMARTS) is 1. The number of carbonyl (C=O) groups excluding carboxylic acids is 18. The zero-order chi connectivity index (χ0) is 95.5. The van der Waals surface area contributed by atoms with Crippen molar-refractivity contribution in [2.75, 3.05) is 34.3 Å². The Morgan fingerprint density at radius 2 is 1.21 bits per heavy atom. The third-order valence-corrected chi connectivity index (χ3v) is 23.0. The van der Waals surface area contributed by atoms with Crippen LogP contribution in [0.15, 0.2) is 24.3 Å². The number of ether oxygens (including phenoxy) is 4. The Kier molecular flexibility index (Phi) is 45.2. The first-order valence-electron chi connectivity index (χ1n) is 44.1. The Bertz CT molecular complexity index is 3980. The highest BCUT2D eigenvalue weighted by Gasteiger charge is 2.48. The summed E-state index contributed by atoms with van der Waals surface area (Å²) in [5, 5.41) is 50.1. The van der Waals surface area contributed by atoms with Crippen LogP contribution in [0.5, 0.6) is 5.75 Å². The van der Waals surface area contributed by atoms with Crippen molar-refractivity contribution in [3.63, 3.8) is 0 Å². The number of hydrogen-bond acceptors (Lipinski definition) is 25. The van der Waals surface area contributed by atoms with Gasteiger partial charge in [-0.15, -0.1) is 0 Å². The van der Waals surface area contributed by atoms with Gasteiger partial charge < -0.3 is 108 Å². The van der Waals surface area contributed by atoms with E-state index in [1.807, 2.05) is 20.8 Å². The van der Waals surface area contributed by atoms with Crippen molar-refractivity contribution in [2.24, 2.45) is 46.8 Å². The zero-order valence-corrected chi connectivity index (χ0v) is 76.1. The number of amides is 14. The third-order valence-electron chi connectivity index (χ3n) is 23.0. The van der Waals surface area contributed by atoms with E-state index in [4.69, 9.17) is 36.1 Å². The normalized spacial score (nSPS) is 22.6. The number of fused-ring (bicyclic) bond motifs is 1. The van der Waals surface area contributed by atoms with E-state index < -0.39 is 297 Å². The van der Waals surface area contributed by atoms with Crippen molar-refractivity contribution in [2.45, 2.75) is 334 Å². The molecular weight excluding hydrogens is 1660 g/mol. The summed E-state index contributed by atoms with van der Waals surface area (Å²) in [5.41, 5.74) is 16.8. The van der Waals surface area contributed by atoms with Crippen molar-refractivity contribution in [1.29, 1.82) is 0 Å². The number of unbranched alkanes of at least 4 members (excludes halogenated alkanes) is 4. The number of aliphatic hydroxyl groups is 2. The molecule has 3 saturated heterocycles. The summed E-state index contributed by atoms with van der Waals surface area (Å²) in [7, 11) is 4.04. The smallest absolute Gasteiger partial charge is 0.329 e. The van der Waals surface area contributed by atoms with Crippen molar-refractivity contribution in [1.82, 2.24) is 56.8 Å². The van der Waals surface area contributed by atoms with Crippen LogP contribution in [0.3, 0.4) is 0 Å². The quantitative estimate of drug-likeness (QED) is 0.0184. The van der Waals surface area contributed by atoms with E-state index in [-0.39, 0.29) is 70.4 Å². The molecule has 712 valence electrons. The molecule has 3 heterocycles. The van der Waals surface area contributed by atoms with Gasteiger partial charge in [-0.3, -0.25) is 81.5 Å². The molecule has 18 atom stereocenters. The van der Waals surface area contributed by atoms with Gasteiger partial charge in [0.2, 0.25) is 76.8 Å². The predicted molar refractivity (Wildman–Crippen MR) is 458 cm³/mol. The van der Waals surface area contributed by atoms with Crippen LogP contribution >= 0.6 is 0 Å². The molecule has 0 unspecified atom stereocenters. The monoisotopic (exact) mass is 1790 g/mol. The summed E-state index contributed by atoms with van der Waals surface area (Å²) in [6.45, 7) is 19.2. The van der Waals surface area contributed by atoms with Crippen LogP contribution in [0.4, 0.5) is 0 Å². The summed E-state index contributed by atoms with van der Waals surface area (Å²) in [5.74, 6) is -22.5. The Morgan fingerprint density at radius 3 is 1.74 bits per heavy atom. The number of Topliss-reactive ketones (excluding diaryl/α,β-unsaturated/α-hetero) is 1. The molecule has 3 aliphatic heterocycles. The maximum atomic E-state index is 15.5. The number of likely N-dealkylation sites (N-methyl/N-ethyl adjacent to an activating group) is 2. The molecule has 0 aromatic heterocycles. The summed E-state index contributed by atoms with van der Waals surface area (Å²) < 4.78 is 23.0. The van der Waals surface area contributed by atoms with E-state index in [0.717, 1.165) is 47.3 Å². The van der Waals surface area contributed by atoms with Gasteiger partial charge in [0.05, 0.1) is 44.1 Å². The van der Waals surface area contributed by atoms with E-state index in [1.54, 1.807) is 65.8 Å². The van der Waals surface area contributed by atoms with Gasteiger partial charge in [-0.2, -0.15) is 0 Å². The van der Waals surface area contributed by atoms with Gasteiger partial charge in [0.25, 0.3) is 5.91 Å². The summed E-state index contributed by atoms with van der Waals surface area (Å²) in [4.78, 5) is 272. The molecule has 4 rings (SSSR count). The fourth-order valence-corrected chi connectivity index (χ4v) is 15.4. The molecule has 0 aliphatic carbocycles. The van der Waals surface area contributed by atoms with Crippen LogP contribution in [0.2, 0.25) is 0 Å². The molecule has 40 heteroatoms. The first-order valence-corrected chi connectivity index (χ1v) is 44.1. The van der Waals surface area contributed by atoms with Crippen molar-refractivity contribution in [3.05, 3.63) is 29.8 Å². The van der Waals surface area contributed by atoms with Gasteiger partial charge >= 0.3 is 23.9 Å². The van der Waals surface area contributed by atoms with Crippen LogP contribution < -0.4 is 59.2 Å². The minimum Gasteiger partial charge on any atom is -0.497 e. The molecule has 3 fully saturated rings. The van der Waals surface area contributed by atoms with Gasteiger partial charge in [0.15, 0.2) is 18.0 Å². The number of benzene rings is 1. The zero-order valence-electron chi connectivity index (χ0n) is 76.1. The number of nitrogens with two attached hydrogens (primary N) is 3. The molecule has 1 aromatic rings. The average Bonchev–Trinajstić information content (AvgIpc) is 1.70. The minimum atomic E-state index is -1.96. The number of methoxy groups -OCH3 is 1. The maximum Gasteiger partial charge on any atom is 0.329 e. The molecule has 0 radical (unpaired) electrons. The number of nitrogens with one attached hydrogen (secondary N) is 7. The Balaban J connectivity index is 1.74. The standard InChI is InChI=1S/C87H138N14O26/c1-16-18-19-20-21-24-54(102)44-69(107)91-56(31-35-66(88)104)77(113)92-57(32-36-67(89)105)78(114)93-58(33-37-68(90)106)79(115)94-59(34-38-70(108)109)86(122)126-52(12)82(118)100-39-22-25-61(100)84(120)98(13)63(42-47(5)6)80(116)97-73-51(11)125-87(123)64(43-53-27-29-55(124-15)30-28-53)99(14)85(121)62-26-23-40-101(62)83(119)60(41-46(3)4)95-76(112)50(10)74(111)75(48(7)8)127-71(110)45-65(103)72(49(9)17-2)96-81(73)117/h27-30,46-52,54,56-65,72-73,75,102-103H,16-26,31-45H2,1-15H3,(H2,88,104)(H2,89,105)(H2,90,106)(H,91,107)(H,92,113)(H,93,114)(H,94,115)(H,95,112)(H,96,117)(H,97,116)(H,108,109)/t49-,50-,51-,52-,54+,56-,57-,58-,59-,60-,61-,62-,63+,64-,65-,72-,73-,75-/m0/s1. The molecule has 16 N–H and O–H groups in total. The van der Waals surface area contributed by atoms with Crippen molar-refractivity contribution >= 4 is 112 Å². The highest BCUT2D eigenvalue weighted by atomic mass is 16.6. The fourth-order valence-electron chi connectivity index (χ4n) is 15.4. The summed E-state index contributed by atoms with van der Waals surface area (Å²) in [6.07, 6.45) is -8.96. The number of primary amides is 3. The molecule has 14 amide bonds. The van der Waals surface area contributed by atoms with Crippen molar-refractivity contribution in [3.8, 4) is 5.75 Å². The largest absolute Gasteiger partial charge is 0.497 e. The second-order valence-corrected chi connectivity index (χ2v) is 34.7. The summed E-state index contributed by atoms with van der Waals surface area (Å²) >= 11 is 0. The number of aliphatic hydroxyl groups excluding tert-OH is 2. The van der Waals surface area contributed by atoms with Crippen LogP contribution in [-0.2, 0) is 112 Å². The fraction of sp³-hybridized carbons (Fsp3) is 0.713. The molecule has 0 saturated carbocycles. The van der Waals surface area contributed by atoms with Gasteiger partial charge in [-0.05, 0) is 133 Å². The topological polar surface area (TPSA) is 597 Å². The Hall–Kier alpha value is -10.9. The molecule has 0 spiro atoms. The lowest BCUT2D eigenvalue weighted by Gasteiger charge is -2.36. The first kappa shape index (κ1) is 108. The SMILES string of the molecule is CCCCCCC[C@@H](O)CC(=O)N[C@@H](CCC(N)=O)C(=O)N[C@@H](CCC(N)=O)C(=O)N[C@@H](CCC(N)=O)C(=O)N[C@@H](CCC(=O)O)C(=O)O[C@@H](C)C(=O)N1CCC[C@H]1C(=O)N(C)[C@H](CC(C)C)C(=O)N[C@@H]1C(=O)N[C@@H]([C@@H](C)CC)[C@@H](O)CC(=O)O[C@@H](C(C)C)C(=O)[C@H](C)C(=O)N[C@@H](CC(C)C)C(=O)N2CCC[C@H]2C(=O)N(C)[C@@H](Cc2ccc(OC)cc2)C(=O)O[C@H]1C. The van der Waals surface area contributed by atoms with Crippen LogP contribution in [0.25, 0.3) is 0 Å². The lowest BCUT2D eigenvalue weighted by atomic mass is 9.91. The second kappa shape index (κ2) is 53.0. The minimum absolute atomic E-state index is 0.0388. The maximum absolute atomic E-state index is 15.5. The predicted octanol–water partition coefficient (Wildman–Crippen LogP) is 0.579.